The number of rotatable bonds is 0. The zero-order chi connectivity index (χ0) is 7.68. The number of hydrogen-bond acceptors (Lipinski definition) is 0. The lowest BCUT2D eigenvalue weighted by Crippen LogP contribution is -2.23. The van der Waals surface area contributed by atoms with E-state index in [1.807, 2.05) is 5.92 Å². The van der Waals surface area contributed by atoms with Gasteiger partial charge in [-0.15, -0.1) is 0 Å². The largest absolute Gasteiger partial charge is 0.0588 e. The second-order valence-corrected chi connectivity index (χ2v) is 4.48. The minimum Gasteiger partial charge on any atom is -0.0588 e. The van der Waals surface area contributed by atoms with Crippen LogP contribution >= 0.6 is 0 Å². The van der Waals surface area contributed by atoms with Crippen LogP contribution in [0.4, 0.5) is 0 Å². The SMILES string of the molecule is C[C]1CC2CCCCC1CC2. The molecule has 1 radical (unpaired) electrons. The van der Waals surface area contributed by atoms with Gasteiger partial charge in [-0.05, 0) is 37.0 Å². The summed E-state index contributed by atoms with van der Waals surface area (Å²) < 4.78 is 0. The molecular formula is C11H19. The molecule has 3 saturated carbocycles. The summed E-state index contributed by atoms with van der Waals surface area (Å²) in [7, 11) is 0. The molecule has 0 saturated heterocycles. The van der Waals surface area contributed by atoms with Gasteiger partial charge in [0, 0.05) is 0 Å². The predicted molar refractivity (Wildman–Crippen MR) is 48.2 cm³/mol. The fourth-order valence-corrected chi connectivity index (χ4v) is 2.87. The summed E-state index contributed by atoms with van der Waals surface area (Å²) in [6.07, 6.45) is 10.5. The Hall–Kier alpha value is 0. The summed E-state index contributed by atoms with van der Waals surface area (Å²) >= 11 is 0. The second-order valence-electron chi connectivity index (χ2n) is 4.48. The highest BCUT2D eigenvalue weighted by atomic mass is 14.3. The molecule has 3 fully saturated rings. The zero-order valence-corrected chi connectivity index (χ0v) is 7.60. The normalized spacial score (nSPS) is 40.1. The van der Waals surface area contributed by atoms with Crippen molar-refractivity contribution in [3.05, 3.63) is 5.92 Å². The van der Waals surface area contributed by atoms with Crippen molar-refractivity contribution in [3.63, 3.8) is 0 Å². The summed E-state index contributed by atoms with van der Waals surface area (Å²) in [4.78, 5) is 0. The minimum absolute atomic E-state index is 1.02. The van der Waals surface area contributed by atoms with Crippen LogP contribution in [0.15, 0.2) is 0 Å². The van der Waals surface area contributed by atoms with Gasteiger partial charge in [0.1, 0.15) is 0 Å². The Morgan fingerprint density at radius 1 is 1.00 bits per heavy atom. The summed E-state index contributed by atoms with van der Waals surface area (Å²) in [5.74, 6) is 3.92. The molecule has 3 aliphatic carbocycles. The topological polar surface area (TPSA) is 0 Å². The maximum Gasteiger partial charge on any atom is -0.0238 e. The summed E-state index contributed by atoms with van der Waals surface area (Å²) in [5.41, 5.74) is 0. The molecule has 0 aliphatic heterocycles. The highest BCUT2D eigenvalue weighted by molar-refractivity contribution is 4.98. The lowest BCUT2D eigenvalue weighted by molar-refractivity contribution is 0.244. The van der Waals surface area contributed by atoms with Crippen molar-refractivity contribution in [1.82, 2.24) is 0 Å². The third kappa shape index (κ3) is 1.60. The van der Waals surface area contributed by atoms with Crippen LogP contribution in [-0.4, -0.2) is 0 Å². The van der Waals surface area contributed by atoms with E-state index in [4.69, 9.17) is 0 Å². The molecule has 0 aromatic rings. The first-order valence-corrected chi connectivity index (χ1v) is 5.18. The Balaban J connectivity index is 2.01. The first-order chi connectivity index (χ1) is 5.36. The highest BCUT2D eigenvalue weighted by Crippen LogP contribution is 2.42. The van der Waals surface area contributed by atoms with Gasteiger partial charge in [-0.3, -0.25) is 0 Å². The van der Waals surface area contributed by atoms with E-state index >= 15 is 0 Å². The summed E-state index contributed by atoms with van der Waals surface area (Å²) in [5, 5.41) is 0. The molecule has 0 spiro atoms. The Morgan fingerprint density at radius 2 is 1.82 bits per heavy atom. The Bertz CT molecular complexity index is 124. The maximum atomic E-state index is 2.39. The van der Waals surface area contributed by atoms with Gasteiger partial charge in [0.25, 0.3) is 0 Å². The van der Waals surface area contributed by atoms with Crippen molar-refractivity contribution in [2.75, 3.05) is 0 Å². The standard InChI is InChI=1S/C11H19/c1-9-8-10-4-2-3-5-11(9)7-6-10/h10-11H,2-8H2,1H3. The maximum absolute atomic E-state index is 2.39. The molecule has 0 aromatic heterocycles. The molecule has 0 aromatic carbocycles. The third-order valence-corrected chi connectivity index (χ3v) is 3.65. The van der Waals surface area contributed by atoms with E-state index < -0.39 is 0 Å². The van der Waals surface area contributed by atoms with Crippen LogP contribution in [0.25, 0.3) is 0 Å². The van der Waals surface area contributed by atoms with Gasteiger partial charge in [-0.25, -0.2) is 0 Å². The molecule has 3 rings (SSSR count). The van der Waals surface area contributed by atoms with Crippen molar-refractivity contribution in [2.45, 2.75) is 51.9 Å². The lowest BCUT2D eigenvalue weighted by Gasteiger charge is -2.36. The summed E-state index contributed by atoms with van der Waals surface area (Å²) in [6, 6.07) is 0. The lowest BCUT2D eigenvalue weighted by atomic mass is 9.69. The molecule has 0 nitrogen and oxygen atoms in total. The van der Waals surface area contributed by atoms with E-state index in [9.17, 15) is 0 Å². The van der Waals surface area contributed by atoms with Crippen LogP contribution in [0, 0.1) is 17.8 Å². The molecule has 0 N–H and O–H groups in total. The van der Waals surface area contributed by atoms with E-state index in [2.05, 4.69) is 6.92 Å². The Morgan fingerprint density at radius 3 is 2.64 bits per heavy atom. The second kappa shape index (κ2) is 3.16. The molecule has 2 atom stereocenters. The van der Waals surface area contributed by atoms with E-state index in [0.29, 0.717) is 0 Å². The third-order valence-electron chi connectivity index (χ3n) is 3.65. The fourth-order valence-electron chi connectivity index (χ4n) is 2.87. The molecule has 0 amide bonds. The molecule has 63 valence electrons. The molecular weight excluding hydrogens is 132 g/mol. The van der Waals surface area contributed by atoms with Gasteiger partial charge >= 0.3 is 0 Å². The minimum atomic E-state index is 1.02. The van der Waals surface area contributed by atoms with Crippen LogP contribution in [0.1, 0.15) is 51.9 Å². The molecule has 2 bridgehead atoms. The van der Waals surface area contributed by atoms with E-state index in [-0.39, 0.29) is 0 Å². The van der Waals surface area contributed by atoms with Crippen LogP contribution in [0.5, 0.6) is 0 Å². The van der Waals surface area contributed by atoms with Crippen molar-refractivity contribution < 1.29 is 0 Å². The molecule has 0 heterocycles. The van der Waals surface area contributed by atoms with E-state index in [0.717, 1.165) is 11.8 Å². The molecule has 2 unspecified atom stereocenters. The van der Waals surface area contributed by atoms with Gasteiger partial charge < -0.3 is 0 Å². The first-order valence-electron chi connectivity index (χ1n) is 5.18. The van der Waals surface area contributed by atoms with Gasteiger partial charge in [0.2, 0.25) is 0 Å². The average Bonchev–Trinajstić information content (AvgIpc) is 1.92. The zero-order valence-electron chi connectivity index (χ0n) is 7.60. The monoisotopic (exact) mass is 151 g/mol. The highest BCUT2D eigenvalue weighted by Gasteiger charge is 2.28. The smallest absolute Gasteiger partial charge is 0.0238 e. The summed E-state index contributed by atoms with van der Waals surface area (Å²) in [6.45, 7) is 2.39. The number of hydrogen-bond donors (Lipinski definition) is 0. The van der Waals surface area contributed by atoms with Crippen LogP contribution < -0.4 is 0 Å². The van der Waals surface area contributed by atoms with Crippen molar-refractivity contribution >= 4 is 0 Å². The van der Waals surface area contributed by atoms with E-state index in [1.54, 1.807) is 0 Å². The number of fused-ring (bicyclic) bond motifs is 5. The van der Waals surface area contributed by atoms with Gasteiger partial charge in [0.05, 0.1) is 0 Å². The molecule has 11 heavy (non-hydrogen) atoms. The molecule has 3 aliphatic rings. The first kappa shape index (κ1) is 7.64. The Kier molecular flexibility index (Phi) is 2.20. The van der Waals surface area contributed by atoms with Gasteiger partial charge in [-0.2, -0.15) is 0 Å². The fraction of sp³-hybridized carbons (Fsp3) is 0.909. The van der Waals surface area contributed by atoms with Crippen molar-refractivity contribution in [3.8, 4) is 0 Å². The van der Waals surface area contributed by atoms with Crippen LogP contribution in [0.3, 0.4) is 0 Å². The molecule has 0 heteroatoms. The van der Waals surface area contributed by atoms with Crippen LogP contribution in [-0.2, 0) is 0 Å². The van der Waals surface area contributed by atoms with Crippen molar-refractivity contribution in [1.29, 1.82) is 0 Å². The average molecular weight is 151 g/mol. The predicted octanol–water partition coefficient (Wildman–Crippen LogP) is 3.57. The quantitative estimate of drug-likeness (QED) is 0.496. The van der Waals surface area contributed by atoms with E-state index in [1.165, 1.54) is 44.9 Å². The van der Waals surface area contributed by atoms with Gasteiger partial charge in [0.15, 0.2) is 0 Å². The van der Waals surface area contributed by atoms with Gasteiger partial charge in [-0.1, -0.05) is 32.6 Å². The van der Waals surface area contributed by atoms with Crippen molar-refractivity contribution in [2.24, 2.45) is 11.8 Å². The van der Waals surface area contributed by atoms with Crippen LogP contribution in [0.2, 0.25) is 0 Å². The Labute approximate surface area is 70.4 Å².